The van der Waals surface area contributed by atoms with Gasteiger partial charge in [-0.05, 0) is 93.5 Å². The van der Waals surface area contributed by atoms with Crippen molar-refractivity contribution in [3.63, 3.8) is 0 Å². The second-order valence-electron chi connectivity index (χ2n) is 15.7. The highest BCUT2D eigenvalue weighted by Crippen LogP contribution is 2.31. The molecule has 57 heavy (non-hydrogen) atoms. The highest BCUT2D eigenvalue weighted by atomic mass is 16.6. The van der Waals surface area contributed by atoms with Gasteiger partial charge in [0, 0.05) is 82.5 Å². The molecule has 300 valence electrons. The van der Waals surface area contributed by atoms with Crippen molar-refractivity contribution in [2.24, 2.45) is 11.8 Å². The minimum absolute atomic E-state index is 0.0889. The molecule has 2 aromatic heterocycles. The van der Waals surface area contributed by atoms with Gasteiger partial charge in [0.1, 0.15) is 12.4 Å². The number of urea groups is 1. The molecule has 3 aliphatic heterocycles. The number of hydrogen-bond acceptors (Lipinski definition) is 10. The lowest BCUT2D eigenvalue weighted by atomic mass is 9.94. The second-order valence-corrected chi connectivity index (χ2v) is 15.7. The van der Waals surface area contributed by atoms with E-state index in [4.69, 9.17) is 14.5 Å². The van der Waals surface area contributed by atoms with Crippen LogP contribution in [0, 0.1) is 37.0 Å². The third-order valence-electron chi connectivity index (χ3n) is 12.0. The number of pyridine rings is 1. The van der Waals surface area contributed by atoms with Gasteiger partial charge in [-0.2, -0.15) is 10.4 Å². The molecule has 0 saturated carbocycles. The van der Waals surface area contributed by atoms with Gasteiger partial charge in [0.2, 0.25) is 0 Å². The van der Waals surface area contributed by atoms with Gasteiger partial charge in [-0.1, -0.05) is 42.5 Å². The van der Waals surface area contributed by atoms with Crippen molar-refractivity contribution in [1.82, 2.24) is 29.9 Å². The molecular weight excluding hydrogens is 719 g/mol. The van der Waals surface area contributed by atoms with Crippen LogP contribution in [0.15, 0.2) is 60.8 Å². The molecule has 0 spiro atoms. The predicted molar refractivity (Wildman–Crippen MR) is 220 cm³/mol. The van der Waals surface area contributed by atoms with E-state index < -0.39 is 0 Å². The predicted octanol–water partition coefficient (Wildman–Crippen LogP) is 7.10. The Hall–Kier alpha value is -5.48. The maximum atomic E-state index is 13.6. The monoisotopic (exact) mass is 773 g/mol. The number of piperazine rings is 1. The molecule has 2 aromatic carbocycles. The minimum atomic E-state index is -0.236. The Morgan fingerprint density at radius 2 is 1.56 bits per heavy atom. The van der Waals surface area contributed by atoms with E-state index in [1.807, 2.05) is 83.3 Å². The van der Waals surface area contributed by atoms with Crippen LogP contribution in [0.2, 0.25) is 0 Å². The van der Waals surface area contributed by atoms with Crippen molar-refractivity contribution in [2.75, 3.05) is 75.8 Å². The summed E-state index contributed by atoms with van der Waals surface area (Å²) in [5.74, 6) is 2.56. The third-order valence-corrected chi connectivity index (χ3v) is 12.0. The molecule has 5 heterocycles. The number of carbonyl (C=O) groups is 2. The fourth-order valence-electron chi connectivity index (χ4n) is 8.30. The van der Waals surface area contributed by atoms with E-state index in [0.29, 0.717) is 69.1 Å². The number of ether oxygens (including phenoxy) is 2. The molecule has 0 aliphatic carbocycles. The van der Waals surface area contributed by atoms with Crippen molar-refractivity contribution >= 4 is 34.5 Å². The lowest BCUT2D eigenvalue weighted by molar-refractivity contribution is 0.0454. The Kier molecular flexibility index (Phi) is 13.0. The fraction of sp³-hybridized carbons (Fsp3) is 0.500. The number of aromatic nitrogens is 3. The molecule has 4 aromatic rings. The summed E-state index contributed by atoms with van der Waals surface area (Å²) >= 11 is 0. The average molecular weight is 774 g/mol. The van der Waals surface area contributed by atoms with Crippen LogP contribution in [0.3, 0.4) is 0 Å². The number of hydrogen-bond donors (Lipinski definition) is 1. The number of carbonyl (C=O) groups excluding carboxylic acids is 2. The molecule has 13 nitrogen and oxygen atoms in total. The maximum absolute atomic E-state index is 13.6. The quantitative estimate of drug-likeness (QED) is 0.157. The molecule has 7 rings (SSSR count). The molecule has 3 fully saturated rings. The van der Waals surface area contributed by atoms with Crippen molar-refractivity contribution in [1.29, 1.82) is 5.26 Å². The van der Waals surface area contributed by atoms with Crippen LogP contribution < -0.4 is 10.2 Å². The van der Waals surface area contributed by atoms with Crippen LogP contribution in [0.25, 0.3) is 10.8 Å². The summed E-state index contributed by atoms with van der Waals surface area (Å²) in [6.07, 6.45) is 6.51. The first-order chi connectivity index (χ1) is 27.8. The van der Waals surface area contributed by atoms with Crippen LogP contribution in [0.4, 0.5) is 21.2 Å². The number of amides is 3. The minimum Gasteiger partial charge on any atom is -0.445 e. The second kappa shape index (κ2) is 18.6. The normalized spacial score (nSPS) is 17.4. The van der Waals surface area contributed by atoms with E-state index in [2.05, 4.69) is 39.5 Å². The number of piperidine rings is 2. The molecule has 1 N–H and O–H groups in total. The molecule has 3 saturated heterocycles. The molecular formula is C44H55N9O4. The van der Waals surface area contributed by atoms with Crippen molar-refractivity contribution in [3.05, 3.63) is 88.7 Å². The summed E-state index contributed by atoms with van der Waals surface area (Å²) in [6, 6.07) is 20.0. The summed E-state index contributed by atoms with van der Waals surface area (Å²) in [5, 5.41) is 23.9. The Morgan fingerprint density at radius 3 is 2.30 bits per heavy atom. The van der Waals surface area contributed by atoms with Gasteiger partial charge >= 0.3 is 12.1 Å². The first-order valence-electron chi connectivity index (χ1n) is 20.5. The van der Waals surface area contributed by atoms with E-state index >= 15 is 0 Å². The zero-order chi connectivity index (χ0) is 39.7. The number of nitriles is 1. The van der Waals surface area contributed by atoms with Crippen LogP contribution in [-0.4, -0.2) is 108 Å². The SMILES string of the molecule is Cc1c(C#N)cccc1[C@@H](C)Nc1nnc(C)c2cnc(N3CCN(C(=O)N4CCC(CCOCC5CCN(C(=O)OCc6ccccc6)CC5)CC4)CC3)cc12. The van der Waals surface area contributed by atoms with Crippen LogP contribution in [-0.2, 0) is 16.1 Å². The summed E-state index contributed by atoms with van der Waals surface area (Å²) in [6.45, 7) is 13.4. The summed E-state index contributed by atoms with van der Waals surface area (Å²) < 4.78 is 11.6. The standard InChI is InChI=1S/C44H55N9O4/c1-31-37(27-45)10-7-11-38(31)32(2)47-42-39-26-41(46-28-40(39)33(3)48-49-42)50-21-23-52(24-22-50)43(54)51-17-12-34(13-18-51)16-25-56-29-36-14-19-53(20-15-36)44(55)57-30-35-8-5-4-6-9-35/h4-11,26,28,32,34,36H,12-25,29-30H2,1-3H3,(H,47,49)/t32-/m1/s1. The van der Waals surface area contributed by atoms with Gasteiger partial charge in [-0.25, -0.2) is 14.6 Å². The molecule has 13 heteroatoms. The van der Waals surface area contributed by atoms with Crippen molar-refractivity contribution in [3.8, 4) is 6.07 Å². The van der Waals surface area contributed by atoms with Gasteiger partial charge in [0.15, 0.2) is 5.82 Å². The molecule has 3 amide bonds. The molecule has 1 atom stereocenters. The summed E-state index contributed by atoms with van der Waals surface area (Å²) in [7, 11) is 0. The van der Waals surface area contributed by atoms with Gasteiger partial charge in [0.25, 0.3) is 0 Å². The number of benzene rings is 2. The Balaban J connectivity index is 0.816. The lowest BCUT2D eigenvalue weighted by Gasteiger charge is -2.40. The van der Waals surface area contributed by atoms with E-state index in [0.717, 1.165) is 97.4 Å². The number of aryl methyl sites for hydroxylation is 1. The number of nitrogens with zero attached hydrogens (tertiary/aromatic N) is 8. The molecule has 0 bridgehead atoms. The lowest BCUT2D eigenvalue weighted by Crippen LogP contribution is -2.54. The van der Waals surface area contributed by atoms with E-state index in [9.17, 15) is 14.9 Å². The van der Waals surface area contributed by atoms with Gasteiger partial charge in [0.05, 0.1) is 23.4 Å². The number of nitrogens with one attached hydrogen (secondary N) is 1. The van der Waals surface area contributed by atoms with Gasteiger partial charge in [-0.3, -0.25) is 0 Å². The Morgan fingerprint density at radius 1 is 0.860 bits per heavy atom. The Labute approximate surface area is 335 Å². The fourth-order valence-corrected chi connectivity index (χ4v) is 8.30. The maximum Gasteiger partial charge on any atom is 0.410 e. The average Bonchev–Trinajstić information content (AvgIpc) is 3.26. The first kappa shape index (κ1) is 39.7. The van der Waals surface area contributed by atoms with Crippen LogP contribution in [0.5, 0.6) is 0 Å². The highest BCUT2D eigenvalue weighted by Gasteiger charge is 2.30. The van der Waals surface area contributed by atoms with Gasteiger partial charge in [-0.15, -0.1) is 5.10 Å². The first-order valence-corrected chi connectivity index (χ1v) is 20.5. The van der Waals surface area contributed by atoms with Crippen molar-refractivity contribution in [2.45, 2.75) is 65.5 Å². The number of rotatable bonds is 11. The smallest absolute Gasteiger partial charge is 0.410 e. The zero-order valence-electron chi connectivity index (χ0n) is 33.5. The van der Waals surface area contributed by atoms with Crippen molar-refractivity contribution < 1.29 is 19.1 Å². The Bertz CT molecular complexity index is 2030. The number of fused-ring (bicyclic) bond motifs is 1. The third kappa shape index (κ3) is 9.74. The molecule has 0 radical (unpaired) electrons. The summed E-state index contributed by atoms with van der Waals surface area (Å²) in [5.41, 5.74) is 4.46. The molecule has 3 aliphatic rings. The van der Waals surface area contributed by atoms with E-state index in [1.54, 1.807) is 0 Å². The molecule has 0 unspecified atom stereocenters. The van der Waals surface area contributed by atoms with Crippen LogP contribution in [0.1, 0.15) is 73.0 Å². The van der Waals surface area contributed by atoms with E-state index in [1.165, 1.54) is 0 Å². The topological polar surface area (TPSA) is 140 Å². The van der Waals surface area contributed by atoms with E-state index in [-0.39, 0.29) is 18.2 Å². The van der Waals surface area contributed by atoms with Gasteiger partial charge < -0.3 is 34.4 Å². The van der Waals surface area contributed by atoms with Crippen LogP contribution >= 0.6 is 0 Å². The number of likely N-dealkylation sites (tertiary alicyclic amines) is 2. The number of anilines is 2. The largest absolute Gasteiger partial charge is 0.445 e. The zero-order valence-corrected chi connectivity index (χ0v) is 33.5. The summed E-state index contributed by atoms with van der Waals surface area (Å²) in [4.78, 5) is 38.9. The highest BCUT2D eigenvalue weighted by molar-refractivity contribution is 5.94.